The van der Waals surface area contributed by atoms with Crippen LogP contribution < -0.4 is 0 Å². The summed E-state index contributed by atoms with van der Waals surface area (Å²) >= 11 is 0. The predicted molar refractivity (Wildman–Crippen MR) is 76.7 cm³/mol. The van der Waals surface area contributed by atoms with Crippen molar-refractivity contribution in [2.24, 2.45) is 0 Å². The number of hydrogen-bond donors (Lipinski definition) is 0. The number of alkyl halides is 3. The number of nitrogens with zero attached hydrogens (tertiary/aromatic N) is 1. The first-order valence-corrected chi connectivity index (χ1v) is 8.12. The van der Waals surface area contributed by atoms with E-state index >= 15 is 0 Å². The minimum absolute atomic E-state index is 0.0141. The molecule has 130 valence electrons. The summed E-state index contributed by atoms with van der Waals surface area (Å²) in [6.45, 7) is 0. The van der Waals surface area contributed by atoms with E-state index in [1.165, 1.54) is 24.3 Å². The van der Waals surface area contributed by atoms with Crippen molar-refractivity contribution in [2.45, 2.75) is 11.1 Å². The van der Waals surface area contributed by atoms with Crippen LogP contribution in [0.3, 0.4) is 0 Å². The van der Waals surface area contributed by atoms with Crippen LogP contribution in [0.15, 0.2) is 53.4 Å². The zero-order valence-corrected chi connectivity index (χ0v) is 13.0. The molecule has 0 saturated heterocycles. The first-order valence-electron chi connectivity index (χ1n) is 6.71. The molecule has 0 bridgehead atoms. The second-order valence-electron chi connectivity index (χ2n) is 5.00. The number of amides is 2. The van der Waals surface area contributed by atoms with Crippen molar-refractivity contribution in [3.8, 4) is 0 Å². The molecule has 2 aromatic carbocycles. The first kappa shape index (κ1) is 17.1. The number of imide groups is 1. The Balaban J connectivity index is 1.94. The number of hydrogen-bond acceptors (Lipinski definition) is 5. The lowest BCUT2D eigenvalue weighted by Gasteiger charge is -2.14. The Hall–Kier alpha value is -2.72. The van der Waals surface area contributed by atoms with E-state index < -0.39 is 38.6 Å². The summed E-state index contributed by atoms with van der Waals surface area (Å²) in [7, 11) is -4.83. The van der Waals surface area contributed by atoms with Gasteiger partial charge in [-0.15, -0.1) is 9.35 Å². The van der Waals surface area contributed by atoms with E-state index in [1.54, 1.807) is 0 Å². The standard InChI is InChI=1S/C15H8F3NO5S/c16-15(17,18)9-4-3-5-10(8-9)25(22,23)24-19-13(20)11-6-1-2-7-12(11)14(19)21/h1-8H. The van der Waals surface area contributed by atoms with E-state index in [9.17, 15) is 31.2 Å². The number of hydroxylamine groups is 2. The van der Waals surface area contributed by atoms with Crippen molar-refractivity contribution < 1.29 is 35.5 Å². The minimum atomic E-state index is -4.83. The SMILES string of the molecule is O=C1c2ccccc2C(=O)N1OS(=O)(=O)c1cccc(C(F)(F)F)c1. The molecule has 0 fully saturated rings. The van der Waals surface area contributed by atoms with E-state index in [0.717, 1.165) is 12.1 Å². The third-order valence-electron chi connectivity index (χ3n) is 3.38. The molecule has 10 heteroatoms. The third-order valence-corrected chi connectivity index (χ3v) is 4.56. The van der Waals surface area contributed by atoms with Crippen LogP contribution in [0, 0.1) is 0 Å². The Kier molecular flexibility index (Phi) is 3.88. The number of rotatable bonds is 3. The minimum Gasteiger partial charge on any atom is -0.266 e. The maximum atomic E-state index is 12.7. The summed E-state index contributed by atoms with van der Waals surface area (Å²) in [4.78, 5) is 23.3. The Morgan fingerprint density at radius 3 is 1.96 bits per heavy atom. The molecular weight excluding hydrogens is 363 g/mol. The molecule has 0 aliphatic carbocycles. The molecule has 0 spiro atoms. The molecule has 1 aliphatic heterocycles. The lowest BCUT2D eigenvalue weighted by molar-refractivity contribution is -0.137. The van der Waals surface area contributed by atoms with Crippen LogP contribution in [0.5, 0.6) is 0 Å². The molecule has 25 heavy (non-hydrogen) atoms. The van der Waals surface area contributed by atoms with E-state index in [-0.39, 0.29) is 16.2 Å². The summed E-state index contributed by atoms with van der Waals surface area (Å²) in [5.41, 5.74) is -1.34. The molecule has 0 atom stereocenters. The van der Waals surface area contributed by atoms with Crippen molar-refractivity contribution in [3.05, 3.63) is 65.2 Å². The molecule has 0 radical (unpaired) electrons. The molecule has 3 rings (SSSR count). The smallest absolute Gasteiger partial charge is 0.266 e. The Morgan fingerprint density at radius 1 is 0.880 bits per heavy atom. The van der Waals surface area contributed by atoms with Gasteiger partial charge >= 0.3 is 16.3 Å². The molecule has 2 aromatic rings. The normalized spacial score (nSPS) is 14.8. The average molecular weight is 371 g/mol. The molecule has 0 N–H and O–H groups in total. The third kappa shape index (κ3) is 3.01. The quantitative estimate of drug-likeness (QED) is 0.775. The number of benzene rings is 2. The first-order chi connectivity index (χ1) is 11.6. The number of carbonyl (C=O) groups excluding carboxylic acids is 2. The van der Waals surface area contributed by atoms with E-state index in [0.29, 0.717) is 12.1 Å². The Labute approximate surface area is 139 Å². The molecule has 2 amide bonds. The maximum Gasteiger partial charge on any atom is 0.416 e. The highest BCUT2D eigenvalue weighted by molar-refractivity contribution is 7.86. The van der Waals surface area contributed by atoms with Gasteiger partial charge in [0.05, 0.1) is 21.6 Å². The summed E-state index contributed by atoms with van der Waals surface area (Å²) in [5, 5.41) is 0.0141. The van der Waals surface area contributed by atoms with Crippen LogP contribution in [-0.4, -0.2) is 25.3 Å². The zero-order valence-electron chi connectivity index (χ0n) is 12.1. The molecule has 6 nitrogen and oxygen atoms in total. The van der Waals surface area contributed by atoms with Crippen LogP contribution >= 0.6 is 0 Å². The highest BCUT2D eigenvalue weighted by atomic mass is 32.2. The topological polar surface area (TPSA) is 80.8 Å². The van der Waals surface area contributed by atoms with Gasteiger partial charge < -0.3 is 0 Å². The van der Waals surface area contributed by atoms with Gasteiger partial charge in [-0.2, -0.15) is 21.6 Å². The largest absolute Gasteiger partial charge is 0.416 e. The lowest BCUT2D eigenvalue weighted by atomic mass is 10.1. The molecular formula is C15H8F3NO5S. The van der Waals surface area contributed by atoms with E-state index in [2.05, 4.69) is 4.28 Å². The second kappa shape index (κ2) is 5.67. The molecule has 0 aromatic heterocycles. The van der Waals surface area contributed by atoms with E-state index in [1.807, 2.05) is 0 Å². The fourth-order valence-corrected chi connectivity index (χ4v) is 3.14. The lowest BCUT2D eigenvalue weighted by Crippen LogP contribution is -2.32. The monoisotopic (exact) mass is 371 g/mol. The van der Waals surface area contributed by atoms with Crippen molar-refractivity contribution >= 4 is 21.9 Å². The van der Waals surface area contributed by atoms with Crippen LogP contribution in [0.2, 0.25) is 0 Å². The van der Waals surface area contributed by atoms with Crippen LogP contribution in [-0.2, 0) is 20.6 Å². The maximum absolute atomic E-state index is 12.7. The van der Waals surface area contributed by atoms with Crippen molar-refractivity contribution in [3.63, 3.8) is 0 Å². The summed E-state index contributed by atoms with van der Waals surface area (Å²) in [6, 6.07) is 8.31. The summed E-state index contributed by atoms with van der Waals surface area (Å²) in [5.74, 6) is -2.03. The molecule has 1 heterocycles. The second-order valence-corrected chi connectivity index (χ2v) is 6.53. The van der Waals surface area contributed by atoms with Gasteiger partial charge in [0.15, 0.2) is 0 Å². The predicted octanol–water partition coefficient (Wildman–Crippen LogP) is 2.62. The molecule has 0 unspecified atom stereocenters. The van der Waals surface area contributed by atoms with Crippen LogP contribution in [0.4, 0.5) is 13.2 Å². The number of carbonyl (C=O) groups is 2. The fourth-order valence-electron chi connectivity index (χ4n) is 2.20. The van der Waals surface area contributed by atoms with Gasteiger partial charge in [0, 0.05) is 0 Å². The van der Waals surface area contributed by atoms with Gasteiger partial charge in [0.1, 0.15) is 0 Å². The zero-order chi connectivity index (χ0) is 18.4. The highest BCUT2D eigenvalue weighted by Gasteiger charge is 2.40. The van der Waals surface area contributed by atoms with Gasteiger partial charge in [-0.1, -0.05) is 18.2 Å². The number of fused-ring (bicyclic) bond motifs is 1. The fraction of sp³-hybridized carbons (Fsp3) is 0.0667. The highest BCUT2D eigenvalue weighted by Crippen LogP contribution is 2.31. The van der Waals surface area contributed by atoms with Gasteiger partial charge in [0.2, 0.25) is 0 Å². The van der Waals surface area contributed by atoms with Gasteiger partial charge in [0.25, 0.3) is 11.8 Å². The van der Waals surface area contributed by atoms with Crippen molar-refractivity contribution in [1.82, 2.24) is 5.06 Å². The number of halogens is 3. The van der Waals surface area contributed by atoms with Gasteiger partial charge in [-0.05, 0) is 30.3 Å². The van der Waals surface area contributed by atoms with Crippen molar-refractivity contribution in [2.75, 3.05) is 0 Å². The molecule has 0 saturated carbocycles. The average Bonchev–Trinajstić information content (AvgIpc) is 2.79. The van der Waals surface area contributed by atoms with Gasteiger partial charge in [-0.25, -0.2) is 0 Å². The van der Waals surface area contributed by atoms with Crippen molar-refractivity contribution in [1.29, 1.82) is 0 Å². The van der Waals surface area contributed by atoms with E-state index in [4.69, 9.17) is 0 Å². The van der Waals surface area contributed by atoms with Crippen LogP contribution in [0.1, 0.15) is 26.3 Å². The Morgan fingerprint density at radius 2 is 1.44 bits per heavy atom. The summed E-state index contributed by atoms with van der Waals surface area (Å²) < 4.78 is 67.0. The van der Waals surface area contributed by atoms with Gasteiger partial charge in [-0.3, -0.25) is 9.59 Å². The summed E-state index contributed by atoms with van der Waals surface area (Å²) in [6.07, 6.45) is -4.76. The molecule has 1 aliphatic rings. The van der Waals surface area contributed by atoms with Crippen LogP contribution in [0.25, 0.3) is 0 Å². The Bertz CT molecular complexity index is 950.